The predicted octanol–water partition coefficient (Wildman–Crippen LogP) is 2.70. The summed E-state index contributed by atoms with van der Waals surface area (Å²) in [7, 11) is 2.81. The van der Waals surface area contributed by atoms with E-state index < -0.39 is 143 Å². The Kier molecular flexibility index (Phi) is 33.8. The summed E-state index contributed by atoms with van der Waals surface area (Å²) in [6, 6.07) is 8.45. The van der Waals surface area contributed by atoms with Crippen molar-refractivity contribution in [2.75, 3.05) is 107 Å². The molecule has 8 bridgehead atoms. The molecule has 9 atom stereocenters. The number of nitrogens with zero attached hydrogens (tertiary/aromatic N) is 4. The van der Waals surface area contributed by atoms with Crippen molar-refractivity contribution in [3.05, 3.63) is 156 Å². The Bertz CT molecular complexity index is 4790. The van der Waals surface area contributed by atoms with Crippen LogP contribution in [0.25, 0.3) is 0 Å². The van der Waals surface area contributed by atoms with Crippen LogP contribution in [0, 0.1) is 0 Å². The van der Waals surface area contributed by atoms with Gasteiger partial charge in [0.05, 0.1) is 95.0 Å². The van der Waals surface area contributed by atoms with Crippen molar-refractivity contribution in [2.45, 2.75) is 140 Å². The normalized spacial score (nSPS) is 23.2. The largest absolute Gasteiger partial charge is 0.509 e. The maximum Gasteiger partial charge on any atom is 0.416 e. The smallest absolute Gasteiger partial charge is 0.416 e. The monoisotopic (exact) mass is 1720 g/mol. The molecular weight excluding hydrogens is 1620 g/mol. The lowest BCUT2D eigenvalue weighted by Crippen LogP contribution is -2.63. The van der Waals surface area contributed by atoms with Crippen LogP contribution in [-0.4, -0.2) is 255 Å². The molecular formula is C84H102N14O26. The molecule has 4 aromatic rings. The van der Waals surface area contributed by atoms with Crippen molar-refractivity contribution in [2.24, 2.45) is 0 Å². The fraction of sp³-hybridized carbons (Fsp3) is 0.417. The van der Waals surface area contributed by atoms with Gasteiger partial charge in [-0.15, -0.1) is 0 Å². The van der Waals surface area contributed by atoms with Crippen LogP contribution in [0.2, 0.25) is 0 Å². The van der Waals surface area contributed by atoms with E-state index in [4.69, 9.17) is 37.9 Å². The van der Waals surface area contributed by atoms with E-state index in [1.54, 1.807) is 47.4 Å². The first-order valence-corrected chi connectivity index (χ1v) is 39.7. The summed E-state index contributed by atoms with van der Waals surface area (Å²) >= 11 is 0. The fourth-order valence-electron chi connectivity index (χ4n) is 13.5. The van der Waals surface area contributed by atoms with Gasteiger partial charge in [-0.05, 0) is 113 Å². The Morgan fingerprint density at radius 1 is 0.508 bits per heavy atom. The molecule has 14 amide bonds. The van der Waals surface area contributed by atoms with Crippen molar-refractivity contribution < 1.29 is 125 Å². The van der Waals surface area contributed by atoms with E-state index in [-0.39, 0.29) is 162 Å². The number of aliphatic hydroxyl groups excluding tert-OH is 2. The molecule has 4 aromatic carbocycles. The lowest BCUT2D eigenvalue weighted by molar-refractivity contribution is -0.134. The van der Waals surface area contributed by atoms with Gasteiger partial charge in [0.25, 0.3) is 11.8 Å². The number of hydrogen-bond acceptors (Lipinski definition) is 25. The van der Waals surface area contributed by atoms with Gasteiger partial charge in [0.15, 0.2) is 29.2 Å². The van der Waals surface area contributed by atoms with E-state index in [1.165, 1.54) is 82.0 Å². The minimum Gasteiger partial charge on any atom is -0.509 e. The molecule has 0 aliphatic carbocycles. The third-order valence-corrected chi connectivity index (χ3v) is 20.0. The van der Waals surface area contributed by atoms with Gasteiger partial charge in [0, 0.05) is 80.8 Å². The standard InChI is InChI=1S/C84H102N14O26/c1-46-35-57-43-97-60-39-65(63(117-8)37-58(60)80(112)95(57)41-46)121-29-11-10-12-30-122-66-40-61-59(38-64(66)118-9)81(113)96-42-47(2)36-62(96)82(114)98(61)84(116)124-45-54-16-20-56(21-17-54)92-77(109)52(7)90-75(107)50(5)88-70(103)26-32-120-34-28-86-79(111)73(94-68(101)23-24-71(104)105)72(93-67(100)22-13-48(3)99)78(110)85-27-33-119-31-25-69(102)87-49(4)74(106)89-51(6)76(108)91-55-18-14-53(15-19-55)44-123-83(97)115/h13-24,37-40,49-52,57,62,72-73,82,99,114H,1-3,10-12,25-36,41-45H2,4-9H3,(H,85,110)(H,86,111)(H,87,102)(H,88,103)(H,89,106)(H,90,107)(H,91,108)(H,92,109)(H,93,100)(H,94,101)(H,104,105)/b22-13-,24-23-/t49?,50?,51?,52?,57-,62-,72?,73?,82-/m0/s1. The number of methoxy groups -OCH3 is 2. The molecule has 40 nitrogen and oxygen atoms in total. The lowest BCUT2D eigenvalue weighted by atomic mass is 10.1. The number of hydrogen-bond donors (Lipinski definition) is 13. The van der Waals surface area contributed by atoms with Crippen LogP contribution < -0.4 is 81.9 Å². The first kappa shape index (κ1) is 94.0. The van der Waals surface area contributed by atoms with Crippen molar-refractivity contribution in [3.8, 4) is 23.0 Å². The molecule has 664 valence electrons. The van der Waals surface area contributed by atoms with Crippen molar-refractivity contribution in [1.29, 1.82) is 0 Å². The van der Waals surface area contributed by atoms with E-state index >= 15 is 0 Å². The van der Waals surface area contributed by atoms with Gasteiger partial charge < -0.3 is 116 Å². The Labute approximate surface area is 712 Å². The Morgan fingerprint density at radius 2 is 0.952 bits per heavy atom. The van der Waals surface area contributed by atoms with E-state index in [0.717, 1.165) is 22.6 Å². The SMILES string of the molecule is C=C(O)/C=C\C(=O)NC1C(=O)NCCOCCC(=O)NC(C)C(=O)NC(C)C(=O)Nc2ccc(cc2)COC(=O)N2C[C@@H]3CC(=C)CN3C(=O)c3cc(OC)c(cc32)OCCCCCOc2cc3c(cc2OC)C(=O)N2CC(=C)C[C@H]2[C@H](O)N3C(=O)OCc2ccc(cc2)NC(=O)C(C)NC(=O)C(C)NC(=O)CCOCCNC(=O)C1NC(=O)/C=C\C(=O)O. The number of nitrogens with one attached hydrogen (secondary N) is 10. The van der Waals surface area contributed by atoms with Crippen LogP contribution in [0.5, 0.6) is 23.0 Å². The zero-order valence-corrected chi connectivity index (χ0v) is 69.2. The maximum absolute atomic E-state index is 14.4. The van der Waals surface area contributed by atoms with E-state index in [1.807, 2.05) is 0 Å². The fourth-order valence-corrected chi connectivity index (χ4v) is 13.5. The second kappa shape index (κ2) is 44.6. The number of ether oxygens (including phenoxy) is 8. The molecule has 40 heteroatoms. The van der Waals surface area contributed by atoms with Gasteiger partial charge in [0.2, 0.25) is 59.1 Å². The van der Waals surface area contributed by atoms with Gasteiger partial charge in [0.1, 0.15) is 55.2 Å². The highest BCUT2D eigenvalue weighted by Gasteiger charge is 2.47. The first-order chi connectivity index (χ1) is 59.2. The van der Waals surface area contributed by atoms with Gasteiger partial charge in [-0.2, -0.15) is 0 Å². The molecule has 0 radical (unpaired) electrons. The Morgan fingerprint density at radius 3 is 1.44 bits per heavy atom. The van der Waals surface area contributed by atoms with E-state index in [2.05, 4.69) is 72.9 Å². The van der Waals surface area contributed by atoms with Gasteiger partial charge in [-0.25, -0.2) is 19.3 Å². The number of benzene rings is 4. The average molecular weight is 1720 g/mol. The predicted molar refractivity (Wildman–Crippen MR) is 443 cm³/mol. The van der Waals surface area contributed by atoms with Gasteiger partial charge >= 0.3 is 18.2 Å². The zero-order valence-electron chi connectivity index (χ0n) is 69.2. The van der Waals surface area contributed by atoms with Gasteiger partial charge in [-0.1, -0.05) is 55.1 Å². The third kappa shape index (κ3) is 26.1. The summed E-state index contributed by atoms with van der Waals surface area (Å²) in [6.07, 6.45) is 0.575. The number of carbonyl (C=O) groups is 15. The molecule has 124 heavy (non-hydrogen) atoms. The molecule has 0 spiro atoms. The molecule has 11 rings (SSSR count). The number of aliphatic carboxylic acids is 1. The van der Waals surface area contributed by atoms with E-state index in [0.29, 0.717) is 60.2 Å². The van der Waals surface area contributed by atoms with E-state index in [9.17, 15) is 87.2 Å². The number of rotatable bonds is 8. The molecule has 2 fully saturated rings. The van der Waals surface area contributed by atoms with Crippen LogP contribution in [-0.2, 0) is 84.9 Å². The molecule has 6 unspecified atom stereocenters. The summed E-state index contributed by atoms with van der Waals surface area (Å²) < 4.78 is 46.8. The zero-order chi connectivity index (χ0) is 90.0. The van der Waals surface area contributed by atoms with Crippen LogP contribution in [0.15, 0.2) is 134 Å². The second-order valence-corrected chi connectivity index (χ2v) is 29.5. The van der Waals surface area contributed by atoms with Crippen LogP contribution >= 0.6 is 0 Å². The van der Waals surface area contributed by atoms with Crippen molar-refractivity contribution in [3.63, 3.8) is 0 Å². The highest BCUT2D eigenvalue weighted by molar-refractivity contribution is 6.08. The van der Waals surface area contributed by atoms with Crippen LogP contribution in [0.3, 0.4) is 0 Å². The van der Waals surface area contributed by atoms with Crippen LogP contribution in [0.1, 0.15) is 104 Å². The Hall–Kier alpha value is -13.9. The summed E-state index contributed by atoms with van der Waals surface area (Å²) in [5, 5.41) is 55.6. The van der Waals surface area contributed by atoms with Crippen molar-refractivity contribution in [1.82, 2.24) is 52.3 Å². The highest BCUT2D eigenvalue weighted by atomic mass is 16.6. The number of carbonyl (C=O) groups excluding carboxylic acids is 14. The quantitative estimate of drug-likeness (QED) is 0.0522. The van der Waals surface area contributed by atoms with Crippen molar-refractivity contribution >= 4 is 112 Å². The second-order valence-electron chi connectivity index (χ2n) is 29.5. The van der Waals surface area contributed by atoms with Gasteiger partial charge in [-0.3, -0.25) is 62.4 Å². The number of fused-ring (bicyclic) bond motifs is 4. The molecule has 2 saturated heterocycles. The number of aliphatic hydroxyl groups is 2. The minimum atomic E-state index is -1.99. The van der Waals surface area contributed by atoms with Crippen LogP contribution in [0.4, 0.5) is 32.3 Å². The first-order valence-electron chi connectivity index (χ1n) is 39.7. The summed E-state index contributed by atoms with van der Waals surface area (Å²) in [5.74, 6) is -10.8. The minimum absolute atomic E-state index is 0.00631. The number of carboxylic acid groups (broad SMARTS) is 1. The number of carboxylic acids is 1. The maximum atomic E-state index is 14.4. The number of anilines is 4. The molecule has 0 aromatic heterocycles. The molecule has 7 aliphatic heterocycles. The summed E-state index contributed by atoms with van der Waals surface area (Å²) in [4.78, 5) is 207. The molecule has 7 heterocycles. The summed E-state index contributed by atoms with van der Waals surface area (Å²) in [6.45, 7) is 15.2. The Balaban J connectivity index is 0.883. The third-order valence-electron chi connectivity index (χ3n) is 20.0. The number of allylic oxidation sites excluding steroid dienone is 1. The summed E-state index contributed by atoms with van der Waals surface area (Å²) in [5.41, 5.74) is 3.33. The molecule has 13 N–H and O–H groups in total. The highest BCUT2D eigenvalue weighted by Crippen LogP contribution is 2.44. The number of amides is 14. The topological polar surface area (TPSA) is 524 Å². The lowest BCUT2D eigenvalue weighted by Gasteiger charge is -2.31. The molecule has 0 saturated carbocycles. The average Bonchev–Trinajstić information content (AvgIpc) is 1.59. The molecule has 7 aliphatic rings.